The van der Waals surface area contributed by atoms with Gasteiger partial charge < -0.3 is 5.11 Å². The highest BCUT2D eigenvalue weighted by molar-refractivity contribution is 5.53. The first-order chi connectivity index (χ1) is 13.7. The molecule has 28 heavy (non-hydrogen) atoms. The van der Waals surface area contributed by atoms with E-state index in [9.17, 15) is 9.50 Å². The molecular weight excluding hydrogens is 353 g/mol. The Morgan fingerprint density at radius 2 is 1.61 bits per heavy atom. The highest BCUT2D eigenvalue weighted by Gasteiger charge is 2.26. The topological polar surface area (TPSA) is 49.2 Å². The quantitative estimate of drug-likeness (QED) is 0.723. The highest BCUT2D eigenvalue weighted by Crippen LogP contribution is 2.31. The predicted octanol–water partition coefficient (Wildman–Crippen LogP) is 4.23. The smallest absolute Gasteiger partial charge is 0.159 e. The summed E-state index contributed by atoms with van der Waals surface area (Å²) in [6.45, 7) is 2.65. The van der Waals surface area contributed by atoms with Crippen LogP contribution in [0, 0.1) is 11.7 Å². The molecule has 2 aromatic carbocycles. The molecule has 1 atom stereocenters. The van der Waals surface area contributed by atoms with Crippen molar-refractivity contribution < 1.29 is 9.50 Å². The Bertz CT molecular complexity index is 876. The van der Waals surface area contributed by atoms with Crippen LogP contribution in [0.15, 0.2) is 67.0 Å². The fourth-order valence-corrected chi connectivity index (χ4v) is 3.79. The van der Waals surface area contributed by atoms with Gasteiger partial charge in [-0.2, -0.15) is 0 Å². The van der Waals surface area contributed by atoms with E-state index >= 15 is 0 Å². The molecule has 1 fully saturated rings. The van der Waals surface area contributed by atoms with Gasteiger partial charge in [0.05, 0.1) is 6.10 Å². The lowest BCUT2D eigenvalue weighted by Crippen LogP contribution is -2.35. The fourth-order valence-electron chi connectivity index (χ4n) is 3.79. The Morgan fingerprint density at radius 1 is 0.964 bits per heavy atom. The van der Waals surface area contributed by atoms with Gasteiger partial charge in [-0.15, -0.1) is 0 Å². The summed E-state index contributed by atoms with van der Waals surface area (Å²) in [5.41, 5.74) is 2.91. The van der Waals surface area contributed by atoms with E-state index in [1.807, 2.05) is 42.7 Å². The summed E-state index contributed by atoms with van der Waals surface area (Å²) in [5.74, 6) is 0.676. The Balaban J connectivity index is 1.31. The minimum Gasteiger partial charge on any atom is -0.388 e. The van der Waals surface area contributed by atoms with Crippen molar-refractivity contribution >= 4 is 0 Å². The lowest BCUT2D eigenvalue weighted by Gasteiger charge is -2.34. The fraction of sp³-hybridized carbons (Fsp3) is 0.304. The molecule has 3 aromatic rings. The molecule has 0 amide bonds. The molecule has 4 nitrogen and oxygen atoms in total. The molecule has 1 aliphatic rings. The zero-order valence-corrected chi connectivity index (χ0v) is 15.7. The van der Waals surface area contributed by atoms with Crippen LogP contribution in [-0.4, -0.2) is 33.1 Å². The molecule has 2 heterocycles. The van der Waals surface area contributed by atoms with Gasteiger partial charge in [0.1, 0.15) is 5.82 Å². The number of aliphatic hydroxyl groups excluding tert-OH is 1. The summed E-state index contributed by atoms with van der Waals surface area (Å²) in [4.78, 5) is 11.4. The van der Waals surface area contributed by atoms with Gasteiger partial charge in [-0.25, -0.2) is 14.4 Å². The van der Waals surface area contributed by atoms with Crippen LogP contribution in [0.1, 0.15) is 30.1 Å². The minimum absolute atomic E-state index is 0.207. The summed E-state index contributed by atoms with van der Waals surface area (Å²) >= 11 is 0. The van der Waals surface area contributed by atoms with Gasteiger partial charge in [0.15, 0.2) is 5.82 Å². The molecule has 5 heteroatoms. The van der Waals surface area contributed by atoms with Gasteiger partial charge in [-0.3, -0.25) is 4.90 Å². The van der Waals surface area contributed by atoms with Crippen molar-refractivity contribution in [3.05, 3.63) is 83.9 Å². The number of hydrogen-bond acceptors (Lipinski definition) is 4. The normalized spacial score (nSPS) is 16.8. The summed E-state index contributed by atoms with van der Waals surface area (Å²) in [5, 5.41) is 10.6. The number of aliphatic hydroxyl groups is 1. The lowest BCUT2D eigenvalue weighted by molar-refractivity contribution is 0.0567. The first kappa shape index (κ1) is 18.7. The van der Waals surface area contributed by atoms with E-state index in [-0.39, 0.29) is 11.7 Å². The predicted molar refractivity (Wildman–Crippen MR) is 107 cm³/mol. The number of piperidine rings is 1. The number of aromatic nitrogens is 2. The van der Waals surface area contributed by atoms with Gasteiger partial charge in [-0.1, -0.05) is 42.5 Å². The highest BCUT2D eigenvalue weighted by atomic mass is 19.1. The Hall–Kier alpha value is -2.63. The molecule has 144 valence electrons. The lowest BCUT2D eigenvalue weighted by atomic mass is 9.87. The summed E-state index contributed by atoms with van der Waals surface area (Å²) in [6, 6.07) is 16.1. The SMILES string of the molecule is OC(c1ccc(F)cc1)C1CCN(Cc2cnc(-c3ccccc3)nc2)CC1. The second-order valence-corrected chi connectivity index (χ2v) is 7.39. The number of likely N-dealkylation sites (tertiary alicyclic amines) is 1. The van der Waals surface area contributed by atoms with Gasteiger partial charge in [0, 0.05) is 30.1 Å². The third kappa shape index (κ3) is 4.43. The van der Waals surface area contributed by atoms with Crippen molar-refractivity contribution in [3.8, 4) is 11.4 Å². The second kappa shape index (κ2) is 8.59. The second-order valence-electron chi connectivity index (χ2n) is 7.39. The molecule has 0 bridgehead atoms. The first-order valence-corrected chi connectivity index (χ1v) is 9.71. The van der Waals surface area contributed by atoms with Crippen molar-refractivity contribution in [1.29, 1.82) is 0 Å². The zero-order chi connectivity index (χ0) is 19.3. The van der Waals surface area contributed by atoms with Gasteiger partial charge in [0.2, 0.25) is 0 Å². The molecule has 1 unspecified atom stereocenters. The van der Waals surface area contributed by atoms with Crippen LogP contribution in [0.3, 0.4) is 0 Å². The number of rotatable bonds is 5. The van der Waals surface area contributed by atoms with E-state index in [0.29, 0.717) is 0 Å². The molecule has 0 spiro atoms. The summed E-state index contributed by atoms with van der Waals surface area (Å²) in [7, 11) is 0. The van der Waals surface area contributed by atoms with Gasteiger partial charge in [-0.05, 0) is 49.5 Å². The van der Waals surface area contributed by atoms with Crippen LogP contribution < -0.4 is 0 Å². The molecule has 1 aromatic heterocycles. The van der Waals surface area contributed by atoms with Crippen molar-refractivity contribution in [2.45, 2.75) is 25.5 Å². The Labute approximate surface area is 164 Å². The van der Waals surface area contributed by atoms with Gasteiger partial charge >= 0.3 is 0 Å². The van der Waals surface area contributed by atoms with Crippen LogP contribution in [0.5, 0.6) is 0 Å². The average molecular weight is 377 g/mol. The minimum atomic E-state index is -0.531. The number of halogens is 1. The van der Waals surface area contributed by atoms with Crippen molar-refractivity contribution in [1.82, 2.24) is 14.9 Å². The Kier molecular flexibility index (Phi) is 5.74. The summed E-state index contributed by atoms with van der Waals surface area (Å²) in [6.07, 6.45) is 5.10. The monoisotopic (exact) mass is 377 g/mol. The number of nitrogens with zero attached hydrogens (tertiary/aromatic N) is 3. The van der Waals surface area contributed by atoms with E-state index in [0.717, 1.165) is 55.0 Å². The van der Waals surface area contributed by atoms with Crippen LogP contribution in [0.4, 0.5) is 4.39 Å². The molecule has 4 rings (SSSR count). The molecule has 1 aliphatic heterocycles. The molecule has 1 saturated heterocycles. The maximum atomic E-state index is 13.1. The molecule has 0 aliphatic carbocycles. The van der Waals surface area contributed by atoms with E-state index in [1.165, 1.54) is 12.1 Å². The van der Waals surface area contributed by atoms with E-state index in [1.54, 1.807) is 12.1 Å². The molecule has 0 saturated carbocycles. The average Bonchev–Trinajstić information content (AvgIpc) is 2.75. The van der Waals surface area contributed by atoms with E-state index < -0.39 is 6.10 Å². The van der Waals surface area contributed by atoms with Crippen LogP contribution in [0.2, 0.25) is 0 Å². The summed E-state index contributed by atoms with van der Waals surface area (Å²) < 4.78 is 13.1. The molecular formula is C23H24FN3O. The van der Waals surface area contributed by atoms with E-state index in [2.05, 4.69) is 14.9 Å². The zero-order valence-electron chi connectivity index (χ0n) is 15.7. The Morgan fingerprint density at radius 3 is 2.25 bits per heavy atom. The van der Waals surface area contributed by atoms with Crippen LogP contribution in [0.25, 0.3) is 11.4 Å². The van der Waals surface area contributed by atoms with Gasteiger partial charge in [0.25, 0.3) is 0 Å². The first-order valence-electron chi connectivity index (χ1n) is 9.71. The number of benzene rings is 2. The van der Waals surface area contributed by atoms with Crippen molar-refractivity contribution in [2.75, 3.05) is 13.1 Å². The standard InChI is InChI=1S/C23H24FN3O/c24-21-8-6-18(7-9-21)22(28)19-10-12-27(13-11-19)16-17-14-25-23(26-15-17)20-4-2-1-3-5-20/h1-9,14-15,19,22,28H,10-13,16H2. The van der Waals surface area contributed by atoms with Crippen LogP contribution >= 0.6 is 0 Å². The maximum Gasteiger partial charge on any atom is 0.159 e. The van der Waals surface area contributed by atoms with Crippen molar-refractivity contribution in [3.63, 3.8) is 0 Å². The van der Waals surface area contributed by atoms with E-state index in [4.69, 9.17) is 0 Å². The molecule has 1 N–H and O–H groups in total. The maximum absolute atomic E-state index is 13.1. The molecule has 0 radical (unpaired) electrons. The third-order valence-electron chi connectivity index (χ3n) is 5.43. The van der Waals surface area contributed by atoms with Crippen LogP contribution in [-0.2, 0) is 6.54 Å². The third-order valence-corrected chi connectivity index (χ3v) is 5.43. The number of hydrogen-bond donors (Lipinski definition) is 1. The largest absolute Gasteiger partial charge is 0.388 e. The van der Waals surface area contributed by atoms with Crippen molar-refractivity contribution in [2.24, 2.45) is 5.92 Å².